The zero-order chi connectivity index (χ0) is 26.0. The molecule has 3 atom stereocenters. The van der Waals surface area contributed by atoms with Gasteiger partial charge in [0.25, 0.3) is 0 Å². The van der Waals surface area contributed by atoms with Crippen LogP contribution in [-0.4, -0.2) is 53.2 Å². The first-order valence-electron chi connectivity index (χ1n) is 12.6. The van der Waals surface area contributed by atoms with Gasteiger partial charge in [-0.05, 0) is 55.9 Å². The van der Waals surface area contributed by atoms with E-state index in [1.165, 1.54) is 0 Å². The standard InChI is InChI=1S/C27H25ClN8O2/c1-14-32-20-3-2-19(8-22(20)33-14)38-24-5-4-21-26(25(24)28)34-23(10-30-21)17-9-31-35(12-17)11-15-6-18-7-16(15)13-36(18)27(29)37/h2-5,8-10,12,15-16,18H,6-7,11,13H2,1H3,(H2,29,37)(H,32,33). The van der Waals surface area contributed by atoms with E-state index in [1.54, 1.807) is 23.4 Å². The fourth-order valence-electron chi connectivity index (χ4n) is 5.94. The zero-order valence-electron chi connectivity index (χ0n) is 20.6. The third kappa shape index (κ3) is 3.92. The Hall–Kier alpha value is -4.18. The predicted octanol–water partition coefficient (Wildman–Crippen LogP) is 4.91. The highest BCUT2D eigenvalue weighted by atomic mass is 35.5. The Balaban J connectivity index is 1.12. The van der Waals surface area contributed by atoms with Crippen molar-refractivity contribution < 1.29 is 9.53 Å². The topological polar surface area (TPSA) is 128 Å². The van der Waals surface area contributed by atoms with Gasteiger partial charge in [-0.3, -0.25) is 9.67 Å². The van der Waals surface area contributed by atoms with Crippen molar-refractivity contribution in [3.63, 3.8) is 0 Å². The Bertz CT molecular complexity index is 1710. The molecular formula is C27H25ClN8O2. The summed E-state index contributed by atoms with van der Waals surface area (Å²) in [6.07, 6.45) is 7.51. The molecule has 2 aliphatic rings. The van der Waals surface area contributed by atoms with Crippen LogP contribution in [-0.2, 0) is 6.54 Å². The number of hydrogen-bond acceptors (Lipinski definition) is 6. The number of aromatic amines is 1. The van der Waals surface area contributed by atoms with Crippen molar-refractivity contribution in [2.24, 2.45) is 17.6 Å². The lowest BCUT2D eigenvalue weighted by atomic mass is 9.95. The predicted molar refractivity (Wildman–Crippen MR) is 143 cm³/mol. The third-order valence-electron chi connectivity index (χ3n) is 7.74. The summed E-state index contributed by atoms with van der Waals surface area (Å²) in [4.78, 5) is 30.4. The third-order valence-corrected chi connectivity index (χ3v) is 8.10. The highest BCUT2D eigenvalue weighted by Crippen LogP contribution is 2.42. The molecule has 0 radical (unpaired) electrons. The van der Waals surface area contributed by atoms with Gasteiger partial charge in [-0.1, -0.05) is 11.6 Å². The van der Waals surface area contributed by atoms with Crippen LogP contribution < -0.4 is 10.5 Å². The average molecular weight is 529 g/mol. The summed E-state index contributed by atoms with van der Waals surface area (Å²) >= 11 is 6.76. The number of piperidine rings is 1. The second kappa shape index (κ2) is 8.70. The van der Waals surface area contributed by atoms with Crippen LogP contribution in [0.2, 0.25) is 5.02 Å². The number of H-pyrrole nitrogens is 1. The largest absolute Gasteiger partial charge is 0.456 e. The number of aryl methyl sites for hydroxylation is 1. The monoisotopic (exact) mass is 528 g/mol. The van der Waals surface area contributed by atoms with Crippen LogP contribution in [0.15, 0.2) is 48.9 Å². The van der Waals surface area contributed by atoms with E-state index >= 15 is 0 Å². The highest BCUT2D eigenvalue weighted by molar-refractivity contribution is 6.36. The van der Waals surface area contributed by atoms with Crippen molar-refractivity contribution in [1.29, 1.82) is 0 Å². The summed E-state index contributed by atoms with van der Waals surface area (Å²) in [5.74, 6) is 2.93. The molecule has 1 aliphatic carbocycles. The van der Waals surface area contributed by atoms with E-state index in [4.69, 9.17) is 27.1 Å². The van der Waals surface area contributed by atoms with Gasteiger partial charge >= 0.3 is 6.03 Å². The second-order valence-corrected chi connectivity index (χ2v) is 10.6. The van der Waals surface area contributed by atoms with Crippen molar-refractivity contribution in [2.75, 3.05) is 6.54 Å². The van der Waals surface area contributed by atoms with Crippen molar-refractivity contribution in [1.82, 2.24) is 34.6 Å². The Morgan fingerprint density at radius 1 is 1.18 bits per heavy atom. The van der Waals surface area contributed by atoms with Gasteiger partial charge in [-0.2, -0.15) is 5.10 Å². The Morgan fingerprint density at radius 2 is 2.05 bits per heavy atom. The molecule has 7 rings (SSSR count). The molecule has 0 spiro atoms. The molecule has 1 saturated carbocycles. The summed E-state index contributed by atoms with van der Waals surface area (Å²) in [6, 6.07) is 9.26. The minimum Gasteiger partial charge on any atom is -0.456 e. The SMILES string of the molecule is Cc1nc2ccc(Oc3ccc4ncc(-c5cnn(CC6CC7CC6CN7C(N)=O)c5)nc4c3Cl)cc2[nH]1. The number of nitrogens with two attached hydrogens (primary N) is 1. The van der Waals surface area contributed by atoms with E-state index in [9.17, 15) is 4.79 Å². The van der Waals surface area contributed by atoms with Crippen LogP contribution in [0.25, 0.3) is 33.3 Å². The van der Waals surface area contributed by atoms with Gasteiger partial charge in [0.15, 0.2) is 0 Å². The van der Waals surface area contributed by atoms with E-state index < -0.39 is 0 Å². The summed E-state index contributed by atoms with van der Waals surface area (Å²) in [6.45, 7) is 3.46. The van der Waals surface area contributed by atoms with E-state index in [2.05, 4.69) is 20.1 Å². The molecule has 2 bridgehead atoms. The molecule has 4 heterocycles. The number of nitrogens with zero attached hydrogens (tertiary/aromatic N) is 6. The van der Waals surface area contributed by atoms with Gasteiger partial charge in [-0.25, -0.2) is 14.8 Å². The molecule has 2 amide bonds. The fourth-order valence-corrected chi connectivity index (χ4v) is 6.18. The number of urea groups is 1. The number of amides is 2. The van der Waals surface area contributed by atoms with Gasteiger partial charge in [0.05, 0.1) is 34.6 Å². The summed E-state index contributed by atoms with van der Waals surface area (Å²) in [7, 11) is 0. The zero-order valence-corrected chi connectivity index (χ0v) is 21.4. The minimum atomic E-state index is -0.312. The molecule has 3 aromatic heterocycles. The van der Waals surface area contributed by atoms with Crippen LogP contribution in [0.1, 0.15) is 18.7 Å². The number of hydrogen-bond donors (Lipinski definition) is 2. The summed E-state index contributed by atoms with van der Waals surface area (Å²) in [5.41, 5.74) is 10.1. The highest BCUT2D eigenvalue weighted by Gasteiger charge is 2.45. The molecule has 1 saturated heterocycles. The molecule has 3 unspecified atom stereocenters. The van der Waals surface area contributed by atoms with Crippen molar-refractivity contribution in [2.45, 2.75) is 32.4 Å². The number of aromatic nitrogens is 6. The quantitative estimate of drug-likeness (QED) is 0.333. The smallest absolute Gasteiger partial charge is 0.315 e. The Morgan fingerprint density at radius 3 is 2.87 bits per heavy atom. The lowest BCUT2D eigenvalue weighted by Gasteiger charge is -2.30. The molecule has 38 heavy (non-hydrogen) atoms. The van der Waals surface area contributed by atoms with Gasteiger partial charge < -0.3 is 20.4 Å². The first-order chi connectivity index (χ1) is 18.4. The number of carbonyl (C=O) groups is 1. The molecule has 11 heteroatoms. The number of primary amides is 1. The van der Waals surface area contributed by atoms with Gasteiger partial charge in [0.2, 0.25) is 0 Å². The van der Waals surface area contributed by atoms with Gasteiger partial charge in [0, 0.05) is 37.0 Å². The molecule has 5 aromatic rings. The maximum absolute atomic E-state index is 11.6. The number of likely N-dealkylation sites (tertiary alicyclic amines) is 1. The number of benzene rings is 2. The number of ether oxygens (including phenoxy) is 1. The van der Waals surface area contributed by atoms with E-state index in [0.717, 1.165) is 48.4 Å². The molecule has 10 nitrogen and oxygen atoms in total. The maximum atomic E-state index is 11.6. The first kappa shape index (κ1) is 23.0. The number of rotatable bonds is 5. The minimum absolute atomic E-state index is 0.257. The van der Waals surface area contributed by atoms with E-state index in [0.29, 0.717) is 45.1 Å². The number of halogens is 1. The van der Waals surface area contributed by atoms with Crippen LogP contribution in [0, 0.1) is 18.8 Å². The second-order valence-electron chi connectivity index (χ2n) is 10.2. The number of fused-ring (bicyclic) bond motifs is 4. The van der Waals surface area contributed by atoms with Crippen molar-refractivity contribution >= 4 is 39.7 Å². The number of nitrogens with one attached hydrogen (secondary N) is 1. The molecule has 192 valence electrons. The first-order valence-corrected chi connectivity index (χ1v) is 13.0. The molecule has 3 N–H and O–H groups in total. The lowest BCUT2D eigenvalue weighted by Crippen LogP contribution is -2.43. The molecule has 2 fully saturated rings. The fraction of sp³-hybridized carbons (Fsp3) is 0.296. The summed E-state index contributed by atoms with van der Waals surface area (Å²) < 4.78 is 8.06. The Labute approximate surface area is 222 Å². The molecular weight excluding hydrogens is 504 g/mol. The summed E-state index contributed by atoms with van der Waals surface area (Å²) in [5, 5.41) is 4.97. The van der Waals surface area contributed by atoms with Crippen molar-refractivity contribution in [3.8, 4) is 22.8 Å². The lowest BCUT2D eigenvalue weighted by molar-refractivity contribution is 0.166. The van der Waals surface area contributed by atoms with E-state index in [1.807, 2.05) is 42.1 Å². The maximum Gasteiger partial charge on any atom is 0.315 e. The van der Waals surface area contributed by atoms with E-state index in [-0.39, 0.29) is 12.1 Å². The number of carbonyl (C=O) groups excluding carboxylic acids is 1. The van der Waals surface area contributed by atoms with Crippen LogP contribution in [0.4, 0.5) is 4.79 Å². The van der Waals surface area contributed by atoms with Gasteiger partial charge in [-0.15, -0.1) is 0 Å². The van der Waals surface area contributed by atoms with Crippen LogP contribution >= 0.6 is 11.6 Å². The molecule has 2 aromatic carbocycles. The average Bonchev–Trinajstić information content (AvgIpc) is 3.69. The van der Waals surface area contributed by atoms with Crippen molar-refractivity contribution in [3.05, 3.63) is 59.8 Å². The Kier molecular flexibility index (Phi) is 5.26. The normalized spacial score (nSPS) is 20.6. The van der Waals surface area contributed by atoms with Crippen LogP contribution in [0.3, 0.4) is 0 Å². The molecule has 1 aliphatic heterocycles. The van der Waals surface area contributed by atoms with Gasteiger partial charge in [0.1, 0.15) is 27.9 Å². The van der Waals surface area contributed by atoms with Crippen LogP contribution in [0.5, 0.6) is 11.5 Å². The number of imidazole rings is 1.